The monoisotopic (exact) mass is 325 g/mol. The number of rotatable bonds is 8. The zero-order chi connectivity index (χ0) is 14.9. The van der Waals surface area contributed by atoms with E-state index in [1.54, 1.807) is 0 Å². The van der Waals surface area contributed by atoms with Gasteiger partial charge in [0.25, 0.3) is 0 Å². The highest BCUT2D eigenvalue weighted by Crippen LogP contribution is 2.14. The molecule has 4 nitrogen and oxygen atoms in total. The summed E-state index contributed by atoms with van der Waals surface area (Å²) < 4.78 is 13.2. The number of aliphatic hydroxyl groups is 1. The van der Waals surface area contributed by atoms with Crippen LogP contribution in [-0.4, -0.2) is 48.5 Å². The number of β-amino-alcohol motifs (C(OH)–C–C–N with tert-alkyl or cyclic N) is 1. The van der Waals surface area contributed by atoms with E-state index in [1.807, 2.05) is 41.0 Å². The van der Waals surface area contributed by atoms with Gasteiger partial charge in [-0.1, -0.05) is 25.5 Å². The van der Waals surface area contributed by atoms with Crippen LogP contribution in [0.5, 0.6) is 5.75 Å². The Kier molecular flexibility index (Phi) is 8.63. The smallest absolute Gasteiger partial charge is 0.362 e. The molecule has 0 fully saturated rings. The quantitative estimate of drug-likeness (QED) is 0.508. The van der Waals surface area contributed by atoms with Gasteiger partial charge in [0.15, 0.2) is 19.7 Å². The third-order valence-electron chi connectivity index (χ3n) is 3.36. The average molecular weight is 326 g/mol. The van der Waals surface area contributed by atoms with Gasteiger partial charge < -0.3 is 27.0 Å². The van der Waals surface area contributed by atoms with Gasteiger partial charge in [0, 0.05) is 0 Å². The topological polar surface area (TPSA) is 41.7 Å². The molecular formula is C17H24ClNO3. The molecule has 0 saturated carbocycles. The summed E-state index contributed by atoms with van der Waals surface area (Å²) in [7, 11) is 0. The molecule has 0 amide bonds. The second-order valence-corrected chi connectivity index (χ2v) is 5.00. The number of hydrogen-bond acceptors (Lipinski definition) is 3. The Bertz CT molecular complexity index is 497. The Morgan fingerprint density at radius 1 is 1.27 bits per heavy atom. The zero-order valence-corrected chi connectivity index (χ0v) is 13.8. The predicted octanol–water partition coefficient (Wildman–Crippen LogP) is -0.684. The van der Waals surface area contributed by atoms with Gasteiger partial charge in [-0.05, 0) is 30.2 Å². The molecule has 1 aliphatic rings. The lowest BCUT2D eigenvalue weighted by atomic mass is 10.2. The largest absolute Gasteiger partial charge is 1.00 e. The van der Waals surface area contributed by atoms with E-state index < -0.39 is 0 Å². The molecule has 2 rings (SSSR count). The molecule has 0 aliphatic carbocycles. The first-order valence-corrected chi connectivity index (χ1v) is 7.60. The number of ether oxygens (including phenoxy) is 2. The van der Waals surface area contributed by atoms with E-state index in [0.29, 0.717) is 13.2 Å². The molecule has 1 aromatic carbocycles. The van der Waals surface area contributed by atoms with E-state index in [-0.39, 0.29) is 19.0 Å². The molecule has 1 aromatic rings. The molecule has 1 heterocycles. The van der Waals surface area contributed by atoms with E-state index in [2.05, 4.69) is 6.92 Å². The van der Waals surface area contributed by atoms with Crippen LogP contribution in [0.1, 0.15) is 25.3 Å². The molecular weight excluding hydrogens is 302 g/mol. The van der Waals surface area contributed by atoms with Crippen LogP contribution in [-0.2, 0) is 4.74 Å². The SMILES string of the molecule is CCCCOc1ccc(/C=C/C2=[N+](CCO)CCO2)cc1.[Cl-]. The van der Waals surface area contributed by atoms with Gasteiger partial charge in [0.2, 0.25) is 0 Å². The molecule has 1 N–H and O–H groups in total. The zero-order valence-electron chi connectivity index (χ0n) is 13.0. The van der Waals surface area contributed by atoms with Crippen LogP contribution in [0.25, 0.3) is 6.08 Å². The van der Waals surface area contributed by atoms with Gasteiger partial charge >= 0.3 is 5.90 Å². The second-order valence-electron chi connectivity index (χ2n) is 5.00. The van der Waals surface area contributed by atoms with Crippen LogP contribution in [0.4, 0.5) is 0 Å². The lowest BCUT2D eigenvalue weighted by Crippen LogP contribution is -3.00. The third-order valence-corrected chi connectivity index (χ3v) is 3.36. The number of aliphatic hydroxyl groups excluding tert-OH is 1. The minimum absolute atomic E-state index is 0. The average Bonchev–Trinajstić information content (AvgIpc) is 2.94. The highest BCUT2D eigenvalue weighted by molar-refractivity contribution is 5.88. The van der Waals surface area contributed by atoms with Crippen LogP contribution in [0, 0.1) is 0 Å². The second kappa shape index (κ2) is 10.2. The third kappa shape index (κ3) is 5.70. The summed E-state index contributed by atoms with van der Waals surface area (Å²) in [6.07, 6.45) is 6.19. The molecule has 0 atom stereocenters. The van der Waals surface area contributed by atoms with Crippen LogP contribution in [0.15, 0.2) is 30.3 Å². The molecule has 0 radical (unpaired) electrons. The Morgan fingerprint density at radius 3 is 2.73 bits per heavy atom. The summed E-state index contributed by atoms with van der Waals surface area (Å²) >= 11 is 0. The lowest BCUT2D eigenvalue weighted by Gasteiger charge is -2.04. The summed E-state index contributed by atoms with van der Waals surface area (Å²) in [5.41, 5.74) is 1.10. The number of halogens is 1. The Balaban J connectivity index is 0.00000242. The summed E-state index contributed by atoms with van der Waals surface area (Å²) in [6.45, 7) is 5.20. The lowest BCUT2D eigenvalue weighted by molar-refractivity contribution is -0.519. The first-order valence-electron chi connectivity index (χ1n) is 7.60. The molecule has 122 valence electrons. The molecule has 0 spiro atoms. The maximum Gasteiger partial charge on any atom is 0.362 e. The van der Waals surface area contributed by atoms with Crippen molar-refractivity contribution in [1.82, 2.24) is 0 Å². The van der Waals surface area contributed by atoms with Crippen molar-refractivity contribution in [3.63, 3.8) is 0 Å². The number of nitrogens with zero attached hydrogens (tertiary/aromatic N) is 1. The van der Waals surface area contributed by atoms with E-state index in [1.165, 1.54) is 0 Å². The fraction of sp³-hybridized carbons (Fsp3) is 0.471. The molecule has 1 aliphatic heterocycles. The predicted molar refractivity (Wildman–Crippen MR) is 83.9 cm³/mol. The van der Waals surface area contributed by atoms with Crippen LogP contribution in [0.3, 0.4) is 0 Å². The summed E-state index contributed by atoms with van der Waals surface area (Å²) in [5, 5.41) is 9.00. The van der Waals surface area contributed by atoms with Crippen LogP contribution >= 0.6 is 0 Å². The van der Waals surface area contributed by atoms with Crippen molar-refractivity contribution in [1.29, 1.82) is 0 Å². The molecule has 22 heavy (non-hydrogen) atoms. The summed E-state index contributed by atoms with van der Waals surface area (Å²) in [6, 6.07) is 8.04. The Hall–Kier alpha value is -1.52. The van der Waals surface area contributed by atoms with Crippen LogP contribution in [0.2, 0.25) is 0 Å². The molecule has 0 bridgehead atoms. The van der Waals surface area contributed by atoms with Crippen molar-refractivity contribution in [2.24, 2.45) is 0 Å². The number of unbranched alkanes of at least 4 members (excludes halogenated alkanes) is 1. The first-order chi connectivity index (χ1) is 10.3. The fourth-order valence-corrected chi connectivity index (χ4v) is 2.14. The van der Waals surface area contributed by atoms with Gasteiger partial charge in [-0.3, -0.25) is 0 Å². The highest BCUT2D eigenvalue weighted by Gasteiger charge is 2.20. The summed E-state index contributed by atoms with van der Waals surface area (Å²) in [4.78, 5) is 0. The number of benzene rings is 1. The number of hydrogen-bond donors (Lipinski definition) is 1. The van der Waals surface area contributed by atoms with Gasteiger partial charge in [-0.15, -0.1) is 0 Å². The maximum absolute atomic E-state index is 9.00. The van der Waals surface area contributed by atoms with Gasteiger partial charge in [-0.2, -0.15) is 4.58 Å². The molecule has 0 aromatic heterocycles. The molecule has 5 heteroatoms. The van der Waals surface area contributed by atoms with Crippen molar-refractivity contribution < 1.29 is 31.6 Å². The van der Waals surface area contributed by atoms with Crippen molar-refractivity contribution in [3.05, 3.63) is 35.9 Å². The van der Waals surface area contributed by atoms with Gasteiger partial charge in [0.05, 0.1) is 12.7 Å². The van der Waals surface area contributed by atoms with Crippen molar-refractivity contribution in [2.75, 3.05) is 32.9 Å². The minimum atomic E-state index is 0. The van der Waals surface area contributed by atoms with E-state index in [9.17, 15) is 0 Å². The van der Waals surface area contributed by atoms with Crippen LogP contribution < -0.4 is 17.1 Å². The van der Waals surface area contributed by atoms with E-state index >= 15 is 0 Å². The van der Waals surface area contributed by atoms with Crippen molar-refractivity contribution in [2.45, 2.75) is 19.8 Å². The molecule has 0 unspecified atom stereocenters. The fourth-order valence-electron chi connectivity index (χ4n) is 2.14. The Labute approximate surface area is 138 Å². The van der Waals surface area contributed by atoms with Gasteiger partial charge in [0.1, 0.15) is 12.4 Å². The van der Waals surface area contributed by atoms with Gasteiger partial charge in [-0.25, -0.2) is 0 Å². The maximum atomic E-state index is 9.00. The van der Waals surface area contributed by atoms with Crippen molar-refractivity contribution in [3.8, 4) is 5.75 Å². The summed E-state index contributed by atoms with van der Waals surface area (Å²) in [5.74, 6) is 1.74. The first kappa shape index (κ1) is 18.5. The van der Waals surface area contributed by atoms with E-state index in [4.69, 9.17) is 14.6 Å². The molecule has 0 saturated heterocycles. The standard InChI is InChI=1S/C17H24NO3.ClH/c1-2-3-13-20-16-7-4-15(5-8-16)6-9-17-18(10-12-19)11-14-21-17;/h4-9,19H,2-3,10-14H2,1H3;1H/q+1;/p-1/b9-6+;. The Morgan fingerprint density at radius 2 is 2.05 bits per heavy atom. The minimum Gasteiger partial charge on any atom is -1.00 e. The highest BCUT2D eigenvalue weighted by atomic mass is 35.5. The van der Waals surface area contributed by atoms with Crippen molar-refractivity contribution >= 4 is 12.0 Å². The normalized spacial score (nSPS) is 14.1. The van der Waals surface area contributed by atoms with E-state index in [0.717, 1.165) is 43.2 Å².